The van der Waals surface area contributed by atoms with Crippen LogP contribution >= 0.6 is 15.9 Å². The molecule has 2 aromatic rings. The Bertz CT molecular complexity index is 761. The zero-order chi connectivity index (χ0) is 15.6. The minimum Gasteiger partial charge on any atom is -0.298 e. The molecule has 21 heavy (non-hydrogen) atoms. The van der Waals surface area contributed by atoms with Gasteiger partial charge in [-0.1, -0.05) is 15.9 Å². The van der Waals surface area contributed by atoms with Crippen LogP contribution < -0.4 is 0 Å². The number of benzene rings is 1. The molecule has 7 heteroatoms. The van der Waals surface area contributed by atoms with E-state index in [1.807, 2.05) is 25.1 Å². The maximum atomic E-state index is 11.2. The number of sulfone groups is 1. The zero-order valence-electron chi connectivity index (χ0n) is 11.7. The van der Waals surface area contributed by atoms with Crippen LogP contribution in [0, 0.1) is 6.92 Å². The summed E-state index contributed by atoms with van der Waals surface area (Å²) in [4.78, 5) is 11.2. The predicted molar refractivity (Wildman–Crippen MR) is 85.2 cm³/mol. The summed E-state index contributed by atoms with van der Waals surface area (Å²) < 4.78 is 24.8. The first-order chi connectivity index (χ1) is 9.78. The molecule has 0 bridgehead atoms. The molecule has 0 spiro atoms. The fourth-order valence-electron chi connectivity index (χ4n) is 1.99. The van der Waals surface area contributed by atoms with Gasteiger partial charge in [0.1, 0.15) is 15.5 Å². The Morgan fingerprint density at radius 1 is 1.33 bits per heavy atom. The van der Waals surface area contributed by atoms with Gasteiger partial charge in [0.2, 0.25) is 0 Å². The predicted octanol–water partition coefficient (Wildman–Crippen LogP) is 2.48. The highest BCUT2D eigenvalue weighted by Gasteiger charge is 2.13. The van der Waals surface area contributed by atoms with E-state index in [0.717, 1.165) is 21.9 Å². The van der Waals surface area contributed by atoms with Gasteiger partial charge in [-0.25, -0.2) is 8.42 Å². The molecule has 5 nitrogen and oxygen atoms in total. The summed E-state index contributed by atoms with van der Waals surface area (Å²) in [5.74, 6) is -0.00999. The molecule has 1 aromatic carbocycles. The second-order valence-corrected chi connectivity index (χ2v) is 8.14. The van der Waals surface area contributed by atoms with E-state index in [9.17, 15) is 13.2 Å². The molecule has 0 saturated carbocycles. The number of carbonyl (C=O) groups excluding carboxylic acids is 1. The van der Waals surface area contributed by atoms with Gasteiger partial charge in [0.15, 0.2) is 6.29 Å². The average Bonchev–Trinajstić information content (AvgIpc) is 2.77. The van der Waals surface area contributed by atoms with E-state index >= 15 is 0 Å². The third kappa shape index (κ3) is 4.25. The molecular weight excluding hydrogens is 356 g/mol. The van der Waals surface area contributed by atoms with E-state index in [4.69, 9.17) is 0 Å². The summed E-state index contributed by atoms with van der Waals surface area (Å²) in [6.45, 7) is 2.18. The van der Waals surface area contributed by atoms with Crippen molar-refractivity contribution in [3.8, 4) is 11.3 Å². The molecule has 2 rings (SSSR count). The molecule has 1 heterocycles. The Hall–Kier alpha value is -1.47. The Balaban J connectivity index is 2.39. The van der Waals surface area contributed by atoms with Gasteiger partial charge >= 0.3 is 0 Å². The summed E-state index contributed by atoms with van der Waals surface area (Å²) in [6.07, 6.45) is 3.48. The second kappa shape index (κ2) is 6.11. The van der Waals surface area contributed by atoms with E-state index in [0.29, 0.717) is 11.3 Å². The molecule has 0 unspecified atom stereocenters. The van der Waals surface area contributed by atoms with Gasteiger partial charge in [0.25, 0.3) is 0 Å². The van der Waals surface area contributed by atoms with E-state index in [1.54, 1.807) is 6.20 Å². The van der Waals surface area contributed by atoms with Gasteiger partial charge in [-0.15, -0.1) is 0 Å². The van der Waals surface area contributed by atoms with E-state index in [-0.39, 0.29) is 12.3 Å². The Kier molecular flexibility index (Phi) is 4.63. The number of hydrogen-bond acceptors (Lipinski definition) is 4. The number of aldehydes is 1. The van der Waals surface area contributed by atoms with E-state index in [1.165, 1.54) is 10.9 Å². The number of aryl methyl sites for hydroxylation is 2. The molecule has 0 aliphatic rings. The van der Waals surface area contributed by atoms with Crippen LogP contribution in [0.1, 0.15) is 15.9 Å². The molecule has 0 amide bonds. The molecule has 1 aromatic heterocycles. The Morgan fingerprint density at radius 2 is 2.05 bits per heavy atom. The number of aromatic nitrogens is 2. The van der Waals surface area contributed by atoms with Crippen LogP contribution in [0.2, 0.25) is 0 Å². The van der Waals surface area contributed by atoms with Crippen molar-refractivity contribution in [2.24, 2.45) is 0 Å². The van der Waals surface area contributed by atoms with Gasteiger partial charge in [0, 0.05) is 22.5 Å². The first-order valence-corrected chi connectivity index (χ1v) is 9.12. The van der Waals surface area contributed by atoms with Crippen molar-refractivity contribution in [3.63, 3.8) is 0 Å². The number of carbonyl (C=O) groups is 1. The SMILES string of the molecule is Cc1cc(Br)cc(-c2nn(CCS(C)(=O)=O)cc2C=O)c1. The van der Waals surface area contributed by atoms with Crippen molar-refractivity contribution in [2.75, 3.05) is 12.0 Å². The smallest absolute Gasteiger partial charge is 0.153 e. The van der Waals surface area contributed by atoms with Crippen molar-refractivity contribution in [3.05, 3.63) is 40.0 Å². The molecule has 0 fully saturated rings. The normalized spacial score (nSPS) is 11.6. The lowest BCUT2D eigenvalue weighted by Crippen LogP contribution is -2.11. The highest BCUT2D eigenvalue weighted by atomic mass is 79.9. The standard InChI is InChI=1S/C14H15BrN2O3S/c1-10-5-11(7-13(15)6-10)14-12(9-18)8-17(16-14)3-4-21(2,19)20/h5-9H,3-4H2,1-2H3. The highest BCUT2D eigenvalue weighted by molar-refractivity contribution is 9.10. The van der Waals surface area contributed by atoms with Gasteiger partial charge in [0.05, 0.1) is 17.9 Å². The zero-order valence-corrected chi connectivity index (χ0v) is 14.1. The average molecular weight is 371 g/mol. The van der Waals surface area contributed by atoms with Gasteiger partial charge in [-0.2, -0.15) is 5.10 Å². The fourth-order valence-corrected chi connectivity index (χ4v) is 3.12. The van der Waals surface area contributed by atoms with Crippen LogP contribution in [0.3, 0.4) is 0 Å². The molecule has 112 valence electrons. The molecule has 0 N–H and O–H groups in total. The van der Waals surface area contributed by atoms with E-state index < -0.39 is 9.84 Å². The molecule has 0 aliphatic carbocycles. The van der Waals surface area contributed by atoms with Crippen molar-refractivity contribution >= 4 is 32.1 Å². The van der Waals surface area contributed by atoms with Crippen LogP contribution in [-0.4, -0.2) is 36.5 Å². The largest absolute Gasteiger partial charge is 0.298 e. The summed E-state index contributed by atoms with van der Waals surface area (Å²) >= 11 is 3.42. The molecule has 0 saturated heterocycles. The van der Waals surface area contributed by atoms with Gasteiger partial charge < -0.3 is 0 Å². The van der Waals surface area contributed by atoms with E-state index in [2.05, 4.69) is 21.0 Å². The lowest BCUT2D eigenvalue weighted by atomic mass is 10.1. The van der Waals surface area contributed by atoms with Crippen LogP contribution in [0.15, 0.2) is 28.9 Å². The Morgan fingerprint density at radius 3 is 2.62 bits per heavy atom. The molecular formula is C14H15BrN2O3S. The molecule has 0 atom stereocenters. The number of hydrogen-bond donors (Lipinski definition) is 0. The summed E-state index contributed by atoms with van der Waals surface area (Å²) in [6, 6.07) is 5.77. The fraction of sp³-hybridized carbons (Fsp3) is 0.286. The van der Waals surface area contributed by atoms with Crippen molar-refractivity contribution in [2.45, 2.75) is 13.5 Å². The third-order valence-corrected chi connectivity index (χ3v) is 4.31. The topological polar surface area (TPSA) is 69.0 Å². The van der Waals surface area contributed by atoms with Crippen molar-refractivity contribution in [1.29, 1.82) is 0 Å². The van der Waals surface area contributed by atoms with Crippen LogP contribution in [0.25, 0.3) is 11.3 Å². The summed E-state index contributed by atoms with van der Waals surface area (Å²) in [5.41, 5.74) is 2.87. The quantitative estimate of drug-likeness (QED) is 0.758. The lowest BCUT2D eigenvalue weighted by Gasteiger charge is -2.02. The van der Waals surface area contributed by atoms with Crippen molar-refractivity contribution in [1.82, 2.24) is 9.78 Å². The maximum absolute atomic E-state index is 11.2. The number of halogens is 1. The van der Waals surface area contributed by atoms with Gasteiger partial charge in [-0.05, 0) is 30.7 Å². The summed E-state index contributed by atoms with van der Waals surface area (Å²) in [5, 5.41) is 4.34. The van der Waals surface area contributed by atoms with Crippen LogP contribution in [0.4, 0.5) is 0 Å². The highest BCUT2D eigenvalue weighted by Crippen LogP contribution is 2.26. The number of rotatable bonds is 5. The first kappa shape index (κ1) is 15.9. The monoisotopic (exact) mass is 370 g/mol. The molecule has 0 aliphatic heterocycles. The summed E-state index contributed by atoms with van der Waals surface area (Å²) in [7, 11) is -3.07. The minimum absolute atomic E-state index is 0.00999. The van der Waals surface area contributed by atoms with Crippen molar-refractivity contribution < 1.29 is 13.2 Å². The lowest BCUT2D eigenvalue weighted by molar-refractivity contribution is 0.112. The van der Waals surface area contributed by atoms with Crippen LogP contribution in [0.5, 0.6) is 0 Å². The second-order valence-electron chi connectivity index (χ2n) is 4.96. The molecule has 0 radical (unpaired) electrons. The Labute approximate surface area is 132 Å². The minimum atomic E-state index is -3.07. The maximum Gasteiger partial charge on any atom is 0.153 e. The first-order valence-electron chi connectivity index (χ1n) is 6.26. The third-order valence-electron chi connectivity index (χ3n) is 2.92. The number of nitrogens with zero attached hydrogens (tertiary/aromatic N) is 2. The van der Waals surface area contributed by atoms with Gasteiger partial charge in [-0.3, -0.25) is 9.48 Å². The van der Waals surface area contributed by atoms with Crippen LogP contribution in [-0.2, 0) is 16.4 Å².